The molecule has 0 aromatic heterocycles. The molecule has 0 spiro atoms. The van der Waals surface area contributed by atoms with Crippen LogP contribution >= 0.6 is 0 Å². The lowest BCUT2D eigenvalue weighted by Crippen LogP contribution is -2.14. The van der Waals surface area contributed by atoms with E-state index in [0.717, 1.165) is 27.8 Å². The van der Waals surface area contributed by atoms with E-state index in [-0.39, 0.29) is 17.2 Å². The number of aryl methyl sites for hydroxylation is 5. The van der Waals surface area contributed by atoms with Crippen molar-refractivity contribution in [3.05, 3.63) is 94.5 Å². The zero-order chi connectivity index (χ0) is 24.6. The molecule has 0 bridgehead atoms. The lowest BCUT2D eigenvalue weighted by atomic mass is 10.0. The summed E-state index contributed by atoms with van der Waals surface area (Å²) in [6.45, 7) is 9.56. The fourth-order valence-corrected chi connectivity index (χ4v) is 4.42. The minimum absolute atomic E-state index is 0.0325. The summed E-state index contributed by atoms with van der Waals surface area (Å²) in [6.07, 6.45) is 0. The predicted molar refractivity (Wildman–Crippen MR) is 136 cm³/mol. The quantitative estimate of drug-likeness (QED) is 0.289. The normalized spacial score (nSPS) is 10.9. The van der Waals surface area contributed by atoms with Crippen LogP contribution in [0.4, 0.5) is 17.1 Å². The Morgan fingerprint density at radius 2 is 1.15 bits per heavy atom. The van der Waals surface area contributed by atoms with Gasteiger partial charge in [-0.25, -0.2) is 0 Å². The number of anilines is 3. The molecule has 3 N–H and O–H groups in total. The van der Waals surface area contributed by atoms with E-state index in [1.807, 2.05) is 75.9 Å². The van der Waals surface area contributed by atoms with Crippen LogP contribution in [0, 0.1) is 34.6 Å². The first-order chi connectivity index (χ1) is 16.2. The van der Waals surface area contributed by atoms with Crippen LogP contribution in [0.2, 0.25) is 0 Å². The standard InChI is InChI=1S/C29H29NO4/c1-17-13-20(4)27(24(32)15-17)30(28-21(5)14-18(2)16-25(28)33)22-10-6-7-12-26(22)34-29-19(3)9-8-11-23(29)31/h6-16,31-33H,1-5H3. The van der Waals surface area contributed by atoms with E-state index in [0.29, 0.717) is 28.6 Å². The molecule has 0 aliphatic heterocycles. The van der Waals surface area contributed by atoms with Crippen LogP contribution in [0.1, 0.15) is 27.8 Å². The van der Waals surface area contributed by atoms with Gasteiger partial charge in [0.05, 0.1) is 17.1 Å². The molecule has 0 aliphatic rings. The fourth-order valence-electron chi connectivity index (χ4n) is 4.42. The molecule has 0 fully saturated rings. The number of rotatable bonds is 5. The minimum Gasteiger partial charge on any atom is -0.506 e. The molecule has 0 amide bonds. The summed E-state index contributed by atoms with van der Waals surface area (Å²) in [6, 6.07) is 20.0. The molecule has 0 heterocycles. The molecular weight excluding hydrogens is 426 g/mol. The van der Waals surface area contributed by atoms with Crippen molar-refractivity contribution >= 4 is 17.1 Å². The number of hydrogen-bond donors (Lipinski definition) is 3. The number of hydrogen-bond acceptors (Lipinski definition) is 5. The molecule has 0 aliphatic carbocycles. The molecule has 4 rings (SSSR count). The van der Waals surface area contributed by atoms with Crippen molar-refractivity contribution < 1.29 is 20.1 Å². The lowest BCUT2D eigenvalue weighted by molar-refractivity contribution is 0.409. The van der Waals surface area contributed by atoms with Crippen LogP contribution in [0.15, 0.2) is 66.7 Å². The van der Waals surface area contributed by atoms with E-state index in [4.69, 9.17) is 4.74 Å². The summed E-state index contributed by atoms with van der Waals surface area (Å²) >= 11 is 0. The highest BCUT2D eigenvalue weighted by Crippen LogP contribution is 2.50. The van der Waals surface area contributed by atoms with Crippen LogP contribution < -0.4 is 9.64 Å². The summed E-state index contributed by atoms with van der Waals surface area (Å²) in [5.74, 6) is 1.02. The molecule has 0 saturated carbocycles. The number of aromatic hydroxyl groups is 3. The molecule has 4 aromatic rings. The SMILES string of the molecule is Cc1cc(C)c(N(c2ccccc2Oc2c(C)cccc2O)c2c(C)cc(C)cc2O)c(O)c1. The van der Waals surface area contributed by atoms with Crippen LogP contribution in [0.5, 0.6) is 28.7 Å². The van der Waals surface area contributed by atoms with Gasteiger partial charge in [0, 0.05) is 0 Å². The zero-order valence-corrected chi connectivity index (χ0v) is 20.0. The van der Waals surface area contributed by atoms with E-state index in [9.17, 15) is 15.3 Å². The molecule has 5 nitrogen and oxygen atoms in total. The molecule has 4 aromatic carbocycles. The lowest BCUT2D eigenvalue weighted by Gasteiger charge is -2.31. The Hall–Kier alpha value is -4.12. The topological polar surface area (TPSA) is 73.2 Å². The predicted octanol–water partition coefficient (Wildman–Crippen LogP) is 7.61. The van der Waals surface area contributed by atoms with Crippen LogP contribution in [0.3, 0.4) is 0 Å². The van der Waals surface area contributed by atoms with E-state index >= 15 is 0 Å². The second-order valence-corrected chi connectivity index (χ2v) is 8.73. The van der Waals surface area contributed by atoms with E-state index in [2.05, 4.69) is 0 Å². The van der Waals surface area contributed by atoms with Crippen LogP contribution in [-0.2, 0) is 0 Å². The Balaban J connectivity index is 2.01. The number of ether oxygens (including phenoxy) is 1. The maximum atomic E-state index is 11.1. The molecule has 34 heavy (non-hydrogen) atoms. The van der Waals surface area contributed by atoms with Gasteiger partial charge < -0.3 is 20.1 Å². The largest absolute Gasteiger partial charge is 0.506 e. The molecular formula is C29H29NO4. The van der Waals surface area contributed by atoms with Crippen molar-refractivity contribution in [2.75, 3.05) is 4.90 Å². The first-order valence-electron chi connectivity index (χ1n) is 11.1. The molecule has 0 saturated heterocycles. The first-order valence-corrected chi connectivity index (χ1v) is 11.1. The highest BCUT2D eigenvalue weighted by atomic mass is 16.5. The Bertz CT molecular complexity index is 1250. The third kappa shape index (κ3) is 4.25. The summed E-state index contributed by atoms with van der Waals surface area (Å²) in [5, 5.41) is 32.6. The highest BCUT2D eigenvalue weighted by Gasteiger charge is 2.26. The van der Waals surface area contributed by atoms with Crippen molar-refractivity contribution in [3.63, 3.8) is 0 Å². The van der Waals surface area contributed by atoms with Crippen molar-refractivity contribution in [2.45, 2.75) is 34.6 Å². The Kier molecular flexibility index (Phi) is 6.12. The van der Waals surface area contributed by atoms with Gasteiger partial charge in [-0.3, -0.25) is 4.90 Å². The van der Waals surface area contributed by atoms with E-state index in [1.54, 1.807) is 30.3 Å². The van der Waals surface area contributed by atoms with Gasteiger partial charge in [0.15, 0.2) is 17.2 Å². The van der Waals surface area contributed by atoms with Crippen molar-refractivity contribution in [2.24, 2.45) is 0 Å². The van der Waals surface area contributed by atoms with Gasteiger partial charge in [0.1, 0.15) is 11.5 Å². The Labute approximate surface area is 200 Å². The van der Waals surface area contributed by atoms with Crippen molar-refractivity contribution in [1.29, 1.82) is 0 Å². The first kappa shape index (κ1) is 23.1. The number of benzene rings is 4. The Morgan fingerprint density at radius 3 is 1.68 bits per heavy atom. The monoisotopic (exact) mass is 455 g/mol. The van der Waals surface area contributed by atoms with Crippen LogP contribution in [-0.4, -0.2) is 15.3 Å². The van der Waals surface area contributed by atoms with E-state index < -0.39 is 0 Å². The van der Waals surface area contributed by atoms with Gasteiger partial charge >= 0.3 is 0 Å². The maximum Gasteiger partial charge on any atom is 0.172 e. The average molecular weight is 456 g/mol. The fraction of sp³-hybridized carbons (Fsp3) is 0.172. The number of phenols is 3. The van der Waals surface area contributed by atoms with E-state index in [1.165, 1.54) is 0 Å². The molecule has 0 unspecified atom stereocenters. The van der Waals surface area contributed by atoms with Gasteiger partial charge in [0.25, 0.3) is 0 Å². The zero-order valence-electron chi connectivity index (χ0n) is 20.0. The van der Waals surface area contributed by atoms with Gasteiger partial charge in [-0.1, -0.05) is 36.4 Å². The molecule has 0 atom stereocenters. The summed E-state index contributed by atoms with van der Waals surface area (Å²) in [5.41, 5.74) is 6.00. The number of nitrogens with zero attached hydrogens (tertiary/aromatic N) is 1. The summed E-state index contributed by atoms with van der Waals surface area (Å²) < 4.78 is 6.25. The maximum absolute atomic E-state index is 11.1. The smallest absolute Gasteiger partial charge is 0.172 e. The average Bonchev–Trinajstić information content (AvgIpc) is 2.74. The molecule has 0 radical (unpaired) electrons. The second-order valence-electron chi connectivity index (χ2n) is 8.73. The summed E-state index contributed by atoms with van der Waals surface area (Å²) in [4.78, 5) is 1.82. The van der Waals surface area contributed by atoms with Gasteiger partial charge in [0.2, 0.25) is 0 Å². The molecule has 174 valence electrons. The summed E-state index contributed by atoms with van der Waals surface area (Å²) in [7, 11) is 0. The third-order valence-electron chi connectivity index (χ3n) is 5.81. The molecule has 5 heteroatoms. The third-order valence-corrected chi connectivity index (χ3v) is 5.81. The Morgan fingerprint density at radius 1 is 0.588 bits per heavy atom. The van der Waals surface area contributed by atoms with Gasteiger partial charge in [-0.2, -0.15) is 0 Å². The number of para-hydroxylation sites is 3. The van der Waals surface area contributed by atoms with Crippen molar-refractivity contribution in [1.82, 2.24) is 0 Å². The van der Waals surface area contributed by atoms with Gasteiger partial charge in [-0.15, -0.1) is 0 Å². The number of phenolic OH excluding ortho intramolecular Hbond substituents is 3. The van der Waals surface area contributed by atoms with Crippen molar-refractivity contribution in [3.8, 4) is 28.7 Å². The second kappa shape index (κ2) is 9.02. The minimum atomic E-state index is 0.0325. The van der Waals surface area contributed by atoms with Gasteiger partial charge in [-0.05, 0) is 92.8 Å². The van der Waals surface area contributed by atoms with Crippen LogP contribution in [0.25, 0.3) is 0 Å². The highest BCUT2D eigenvalue weighted by molar-refractivity contribution is 5.88.